The number of anilines is 1. The standard InChI is InChI=1S/C17H19N3O6/c21-9-13-12(22)8-15(26-13)20-7-6-14(18-16(20)23)19-17(24)25-10-11-4-2-1-3-5-11/h1-7,12-13,15,21-22H,8-10H2,(H,18,19,23,24)/t12-,13+,15+/m0/s1. The van der Waals surface area contributed by atoms with Gasteiger partial charge >= 0.3 is 11.8 Å². The number of nitrogens with one attached hydrogen (secondary N) is 1. The van der Waals surface area contributed by atoms with Gasteiger partial charge in [-0.05, 0) is 11.6 Å². The third kappa shape index (κ3) is 4.26. The molecule has 1 aromatic heterocycles. The molecule has 2 aromatic rings. The van der Waals surface area contributed by atoms with Gasteiger partial charge < -0.3 is 19.7 Å². The number of hydrogen-bond donors (Lipinski definition) is 3. The smallest absolute Gasteiger partial charge is 0.413 e. The van der Waals surface area contributed by atoms with Crippen LogP contribution in [0.25, 0.3) is 0 Å². The van der Waals surface area contributed by atoms with Gasteiger partial charge in [-0.15, -0.1) is 0 Å². The van der Waals surface area contributed by atoms with Crippen molar-refractivity contribution in [1.82, 2.24) is 9.55 Å². The molecule has 9 heteroatoms. The van der Waals surface area contributed by atoms with Gasteiger partial charge in [0.2, 0.25) is 0 Å². The topological polar surface area (TPSA) is 123 Å². The first kappa shape index (κ1) is 18.1. The van der Waals surface area contributed by atoms with Crippen LogP contribution in [0.4, 0.5) is 10.6 Å². The van der Waals surface area contributed by atoms with Gasteiger partial charge in [0.15, 0.2) is 0 Å². The minimum absolute atomic E-state index is 0.0431. The van der Waals surface area contributed by atoms with Crippen molar-refractivity contribution in [3.8, 4) is 0 Å². The molecule has 1 aromatic carbocycles. The Morgan fingerprint density at radius 2 is 2.12 bits per heavy atom. The van der Waals surface area contributed by atoms with Crippen LogP contribution < -0.4 is 11.0 Å². The Morgan fingerprint density at radius 1 is 1.35 bits per heavy atom. The van der Waals surface area contributed by atoms with Gasteiger partial charge in [0, 0.05) is 12.6 Å². The Hall–Kier alpha value is -2.75. The van der Waals surface area contributed by atoms with Crippen LogP contribution in [0.2, 0.25) is 0 Å². The maximum absolute atomic E-state index is 12.1. The Kier molecular flexibility index (Phi) is 5.61. The molecule has 0 spiro atoms. The fourth-order valence-corrected chi connectivity index (χ4v) is 2.62. The van der Waals surface area contributed by atoms with Gasteiger partial charge in [-0.2, -0.15) is 4.98 Å². The number of carbonyl (C=O) groups is 1. The molecule has 2 heterocycles. The molecule has 1 saturated heterocycles. The molecule has 3 rings (SSSR count). The van der Waals surface area contributed by atoms with E-state index < -0.39 is 30.2 Å². The van der Waals surface area contributed by atoms with E-state index in [1.807, 2.05) is 30.3 Å². The normalized spacial score (nSPS) is 22.2. The third-order valence-corrected chi connectivity index (χ3v) is 3.97. The summed E-state index contributed by atoms with van der Waals surface area (Å²) in [5.41, 5.74) is 0.183. The Morgan fingerprint density at radius 3 is 2.77 bits per heavy atom. The number of aromatic nitrogens is 2. The molecule has 3 N–H and O–H groups in total. The van der Waals surface area contributed by atoms with Crippen molar-refractivity contribution in [3.63, 3.8) is 0 Å². The summed E-state index contributed by atoms with van der Waals surface area (Å²) in [6.07, 6.45) is -1.48. The average Bonchev–Trinajstić information content (AvgIpc) is 3.01. The number of aliphatic hydroxyl groups excluding tert-OH is 2. The summed E-state index contributed by atoms with van der Waals surface area (Å²) >= 11 is 0. The van der Waals surface area contributed by atoms with Gasteiger partial charge in [0.25, 0.3) is 0 Å². The lowest BCUT2D eigenvalue weighted by molar-refractivity contribution is -0.0458. The third-order valence-electron chi connectivity index (χ3n) is 3.97. The van der Waals surface area contributed by atoms with Crippen molar-refractivity contribution in [2.75, 3.05) is 11.9 Å². The highest BCUT2D eigenvalue weighted by Gasteiger charge is 2.34. The van der Waals surface area contributed by atoms with Crippen LogP contribution in [0.1, 0.15) is 18.2 Å². The van der Waals surface area contributed by atoms with Crippen LogP contribution in [0.3, 0.4) is 0 Å². The molecule has 1 fully saturated rings. The number of ether oxygens (including phenoxy) is 2. The molecule has 0 aliphatic carbocycles. The zero-order chi connectivity index (χ0) is 18.5. The number of amides is 1. The minimum Gasteiger partial charge on any atom is -0.444 e. The molecule has 26 heavy (non-hydrogen) atoms. The summed E-state index contributed by atoms with van der Waals surface area (Å²) in [5, 5.41) is 21.2. The summed E-state index contributed by atoms with van der Waals surface area (Å²) < 4.78 is 11.7. The van der Waals surface area contributed by atoms with Gasteiger partial charge in [0.05, 0.1) is 12.7 Å². The second kappa shape index (κ2) is 8.09. The van der Waals surface area contributed by atoms with Crippen LogP contribution >= 0.6 is 0 Å². The number of carbonyl (C=O) groups excluding carboxylic acids is 1. The summed E-state index contributed by atoms with van der Waals surface area (Å²) in [7, 11) is 0. The molecular formula is C17H19N3O6. The number of rotatable bonds is 5. The molecule has 1 amide bonds. The fourth-order valence-electron chi connectivity index (χ4n) is 2.62. The lowest BCUT2D eigenvalue weighted by Crippen LogP contribution is -2.28. The first-order chi connectivity index (χ1) is 12.6. The Balaban J connectivity index is 1.59. The van der Waals surface area contributed by atoms with Gasteiger partial charge in [-0.25, -0.2) is 9.59 Å². The second-order valence-corrected chi connectivity index (χ2v) is 5.80. The zero-order valence-corrected chi connectivity index (χ0v) is 13.8. The fraction of sp³-hybridized carbons (Fsp3) is 0.353. The number of nitrogens with zero attached hydrogens (tertiary/aromatic N) is 2. The molecule has 0 unspecified atom stereocenters. The van der Waals surface area contributed by atoms with E-state index >= 15 is 0 Å². The summed E-state index contributed by atoms with van der Waals surface area (Å²) in [6, 6.07) is 10.6. The summed E-state index contributed by atoms with van der Waals surface area (Å²) in [5.74, 6) is 0.0431. The van der Waals surface area contributed by atoms with E-state index in [9.17, 15) is 14.7 Å². The number of hydrogen-bond acceptors (Lipinski definition) is 7. The van der Waals surface area contributed by atoms with Crippen molar-refractivity contribution < 1.29 is 24.5 Å². The van der Waals surface area contributed by atoms with E-state index in [1.165, 1.54) is 16.8 Å². The van der Waals surface area contributed by atoms with Crippen LogP contribution in [0, 0.1) is 0 Å². The molecular weight excluding hydrogens is 342 g/mol. The Bertz CT molecular complexity index is 810. The second-order valence-electron chi connectivity index (χ2n) is 5.80. The van der Waals surface area contributed by atoms with Crippen molar-refractivity contribution in [1.29, 1.82) is 0 Å². The maximum Gasteiger partial charge on any atom is 0.413 e. The molecule has 3 atom stereocenters. The Labute approximate surface area is 148 Å². The lowest BCUT2D eigenvalue weighted by Gasteiger charge is -2.14. The van der Waals surface area contributed by atoms with E-state index in [-0.39, 0.29) is 25.5 Å². The number of benzene rings is 1. The van der Waals surface area contributed by atoms with Gasteiger partial charge in [-0.1, -0.05) is 30.3 Å². The van der Waals surface area contributed by atoms with E-state index in [4.69, 9.17) is 14.6 Å². The van der Waals surface area contributed by atoms with Crippen molar-refractivity contribution >= 4 is 11.9 Å². The van der Waals surface area contributed by atoms with Crippen LogP contribution in [0.5, 0.6) is 0 Å². The van der Waals surface area contributed by atoms with Crippen LogP contribution in [0.15, 0.2) is 47.4 Å². The summed E-state index contributed by atoms with van der Waals surface area (Å²) in [4.78, 5) is 27.7. The van der Waals surface area contributed by atoms with Crippen molar-refractivity contribution in [2.24, 2.45) is 0 Å². The molecule has 1 aliphatic rings. The number of aliphatic hydroxyl groups is 2. The largest absolute Gasteiger partial charge is 0.444 e. The molecule has 138 valence electrons. The average molecular weight is 361 g/mol. The zero-order valence-electron chi connectivity index (χ0n) is 13.8. The molecule has 0 radical (unpaired) electrons. The minimum atomic E-state index is -0.859. The highest BCUT2D eigenvalue weighted by molar-refractivity contribution is 5.83. The van der Waals surface area contributed by atoms with Crippen LogP contribution in [-0.4, -0.2) is 44.7 Å². The van der Waals surface area contributed by atoms with Crippen molar-refractivity contribution in [3.05, 3.63) is 58.6 Å². The quantitative estimate of drug-likeness (QED) is 0.714. The first-order valence-electron chi connectivity index (χ1n) is 8.08. The lowest BCUT2D eigenvalue weighted by atomic mass is 10.2. The monoisotopic (exact) mass is 361 g/mol. The molecule has 0 saturated carbocycles. The highest BCUT2D eigenvalue weighted by Crippen LogP contribution is 2.27. The SMILES string of the molecule is O=C(Nc1ccn([C@H]2C[C@H](O)[C@@H](CO)O2)c(=O)n1)OCc1ccccc1. The maximum atomic E-state index is 12.1. The molecule has 1 aliphatic heterocycles. The van der Waals surface area contributed by atoms with E-state index in [1.54, 1.807) is 0 Å². The molecule has 9 nitrogen and oxygen atoms in total. The molecule has 0 bridgehead atoms. The van der Waals surface area contributed by atoms with Gasteiger partial charge in [-0.3, -0.25) is 9.88 Å². The predicted molar refractivity (Wildman–Crippen MR) is 90.4 cm³/mol. The van der Waals surface area contributed by atoms with E-state index in [0.29, 0.717) is 0 Å². The predicted octanol–water partition coefficient (Wildman–Crippen LogP) is 0.633. The van der Waals surface area contributed by atoms with Crippen molar-refractivity contribution in [2.45, 2.75) is 31.5 Å². The highest BCUT2D eigenvalue weighted by atomic mass is 16.6. The van der Waals surface area contributed by atoms with E-state index in [0.717, 1.165) is 5.56 Å². The van der Waals surface area contributed by atoms with Gasteiger partial charge in [0.1, 0.15) is 24.8 Å². The van der Waals surface area contributed by atoms with E-state index in [2.05, 4.69) is 10.3 Å². The first-order valence-corrected chi connectivity index (χ1v) is 8.08. The van der Waals surface area contributed by atoms with Crippen LogP contribution in [-0.2, 0) is 16.1 Å². The summed E-state index contributed by atoms with van der Waals surface area (Å²) in [6.45, 7) is -0.243.